The third-order valence-electron chi connectivity index (χ3n) is 6.17. The average molecular weight is 417 g/mol. The van der Waals surface area contributed by atoms with E-state index in [0.29, 0.717) is 36.3 Å². The lowest BCUT2D eigenvalue weighted by atomic mass is 9.93. The predicted octanol–water partition coefficient (Wildman–Crippen LogP) is 4.27. The van der Waals surface area contributed by atoms with Crippen molar-refractivity contribution in [2.24, 2.45) is 0 Å². The van der Waals surface area contributed by atoms with Crippen LogP contribution in [-0.2, 0) is 4.79 Å². The van der Waals surface area contributed by atoms with Crippen LogP contribution >= 0.6 is 0 Å². The zero-order valence-electron chi connectivity index (χ0n) is 18.5. The standard InChI is InChI=1S/C24H36N2O4/c1-3-26(20-11-7-5-8-12-20)24(28)19-13-14-21(22(17-19)29-4-2)30-18-23(27)25-15-9-6-10-16-25/h13-14,17,20H,3-12,15-16,18H2,1-2H3. The zero-order chi connectivity index (χ0) is 21.3. The number of nitrogens with zero attached hydrogens (tertiary/aromatic N) is 2. The van der Waals surface area contributed by atoms with Crippen LogP contribution in [0.1, 0.15) is 75.6 Å². The summed E-state index contributed by atoms with van der Waals surface area (Å²) in [5, 5.41) is 0. The van der Waals surface area contributed by atoms with Gasteiger partial charge in [-0.1, -0.05) is 19.3 Å². The minimum atomic E-state index is -0.00345. The number of carbonyl (C=O) groups excluding carboxylic acids is 2. The maximum Gasteiger partial charge on any atom is 0.260 e. The molecule has 1 aromatic carbocycles. The van der Waals surface area contributed by atoms with E-state index < -0.39 is 0 Å². The van der Waals surface area contributed by atoms with Crippen molar-refractivity contribution in [3.8, 4) is 11.5 Å². The highest BCUT2D eigenvalue weighted by Crippen LogP contribution is 2.30. The van der Waals surface area contributed by atoms with E-state index in [2.05, 4.69) is 0 Å². The van der Waals surface area contributed by atoms with E-state index in [1.807, 2.05) is 23.6 Å². The van der Waals surface area contributed by atoms with Crippen LogP contribution in [0.3, 0.4) is 0 Å². The number of benzene rings is 1. The molecule has 3 rings (SSSR count). The summed E-state index contributed by atoms with van der Waals surface area (Å²) >= 11 is 0. The van der Waals surface area contributed by atoms with Gasteiger partial charge in [0.15, 0.2) is 18.1 Å². The van der Waals surface area contributed by atoms with Crippen molar-refractivity contribution in [3.05, 3.63) is 23.8 Å². The first-order chi connectivity index (χ1) is 14.6. The van der Waals surface area contributed by atoms with Crippen LogP contribution in [0.2, 0.25) is 0 Å². The second-order valence-electron chi connectivity index (χ2n) is 8.21. The second-order valence-corrected chi connectivity index (χ2v) is 8.21. The van der Waals surface area contributed by atoms with Crippen molar-refractivity contribution in [2.75, 3.05) is 32.8 Å². The topological polar surface area (TPSA) is 59.1 Å². The Balaban J connectivity index is 1.68. The van der Waals surface area contributed by atoms with Crippen molar-refractivity contribution < 1.29 is 19.1 Å². The van der Waals surface area contributed by atoms with E-state index in [1.54, 1.807) is 18.2 Å². The first kappa shape index (κ1) is 22.4. The molecule has 2 aliphatic rings. The van der Waals surface area contributed by atoms with Crippen LogP contribution in [-0.4, -0.2) is 60.5 Å². The Morgan fingerprint density at radius 3 is 2.33 bits per heavy atom. The first-order valence-electron chi connectivity index (χ1n) is 11.6. The van der Waals surface area contributed by atoms with E-state index in [1.165, 1.54) is 25.7 Å². The summed E-state index contributed by atoms with van der Waals surface area (Å²) in [6.45, 7) is 6.72. The first-order valence-corrected chi connectivity index (χ1v) is 11.6. The molecule has 166 valence electrons. The van der Waals surface area contributed by atoms with Gasteiger partial charge in [-0.05, 0) is 64.2 Å². The average Bonchev–Trinajstić information content (AvgIpc) is 2.80. The number of amides is 2. The van der Waals surface area contributed by atoms with Crippen LogP contribution in [0.4, 0.5) is 0 Å². The number of hydrogen-bond acceptors (Lipinski definition) is 4. The summed E-state index contributed by atoms with van der Waals surface area (Å²) in [6, 6.07) is 5.63. The van der Waals surface area contributed by atoms with Crippen LogP contribution in [0.5, 0.6) is 11.5 Å². The molecule has 0 aromatic heterocycles. The lowest BCUT2D eigenvalue weighted by Crippen LogP contribution is -2.41. The molecule has 1 saturated carbocycles. The molecule has 6 nitrogen and oxygen atoms in total. The van der Waals surface area contributed by atoms with Gasteiger partial charge in [0.1, 0.15) is 0 Å². The van der Waals surface area contributed by atoms with Gasteiger partial charge >= 0.3 is 0 Å². The second kappa shape index (κ2) is 11.2. The highest BCUT2D eigenvalue weighted by Gasteiger charge is 2.26. The Morgan fingerprint density at radius 2 is 1.67 bits per heavy atom. The maximum absolute atomic E-state index is 13.2. The lowest BCUT2D eigenvalue weighted by Gasteiger charge is -2.33. The van der Waals surface area contributed by atoms with Crippen LogP contribution in [0.25, 0.3) is 0 Å². The van der Waals surface area contributed by atoms with Gasteiger partial charge in [0, 0.05) is 31.2 Å². The minimum Gasteiger partial charge on any atom is -0.490 e. The third-order valence-corrected chi connectivity index (χ3v) is 6.17. The van der Waals surface area contributed by atoms with Gasteiger partial charge in [0.25, 0.3) is 11.8 Å². The highest BCUT2D eigenvalue weighted by molar-refractivity contribution is 5.95. The normalized spacial score (nSPS) is 17.5. The quantitative estimate of drug-likeness (QED) is 0.635. The molecule has 0 unspecified atom stereocenters. The molecule has 1 saturated heterocycles. The van der Waals surface area contributed by atoms with Crippen molar-refractivity contribution in [1.29, 1.82) is 0 Å². The van der Waals surface area contributed by atoms with E-state index in [-0.39, 0.29) is 18.4 Å². The Kier molecular flexibility index (Phi) is 8.40. The summed E-state index contributed by atoms with van der Waals surface area (Å²) in [5.41, 5.74) is 0.612. The Bertz CT molecular complexity index is 709. The van der Waals surface area contributed by atoms with Gasteiger partial charge in [-0.2, -0.15) is 0 Å². The number of piperidine rings is 1. The van der Waals surface area contributed by atoms with E-state index in [4.69, 9.17) is 9.47 Å². The molecule has 0 spiro atoms. The molecular weight excluding hydrogens is 380 g/mol. The minimum absolute atomic E-state index is 0.00345. The molecule has 6 heteroatoms. The Labute approximate surface area is 180 Å². The monoisotopic (exact) mass is 416 g/mol. The number of likely N-dealkylation sites (tertiary alicyclic amines) is 1. The highest BCUT2D eigenvalue weighted by atomic mass is 16.5. The van der Waals surface area contributed by atoms with E-state index in [9.17, 15) is 9.59 Å². The third kappa shape index (κ3) is 5.67. The van der Waals surface area contributed by atoms with Crippen molar-refractivity contribution in [1.82, 2.24) is 9.80 Å². The van der Waals surface area contributed by atoms with Gasteiger partial charge in [-0.3, -0.25) is 9.59 Å². The molecule has 1 aliphatic heterocycles. The molecule has 2 amide bonds. The molecule has 2 fully saturated rings. The summed E-state index contributed by atoms with van der Waals surface area (Å²) in [7, 11) is 0. The molecule has 0 bridgehead atoms. The lowest BCUT2D eigenvalue weighted by molar-refractivity contribution is -0.134. The number of carbonyl (C=O) groups is 2. The fourth-order valence-electron chi connectivity index (χ4n) is 4.53. The van der Waals surface area contributed by atoms with Crippen LogP contribution < -0.4 is 9.47 Å². The van der Waals surface area contributed by atoms with Crippen LogP contribution in [0.15, 0.2) is 18.2 Å². The predicted molar refractivity (Wildman–Crippen MR) is 117 cm³/mol. The fraction of sp³-hybridized carbons (Fsp3) is 0.667. The summed E-state index contributed by atoms with van der Waals surface area (Å²) in [4.78, 5) is 29.5. The molecule has 1 aromatic rings. The zero-order valence-corrected chi connectivity index (χ0v) is 18.5. The van der Waals surface area contributed by atoms with Gasteiger partial charge in [0.05, 0.1) is 6.61 Å². The largest absolute Gasteiger partial charge is 0.490 e. The van der Waals surface area contributed by atoms with Gasteiger partial charge in [-0.25, -0.2) is 0 Å². The van der Waals surface area contributed by atoms with Crippen molar-refractivity contribution in [3.63, 3.8) is 0 Å². The number of ether oxygens (including phenoxy) is 2. The van der Waals surface area contributed by atoms with Gasteiger partial charge in [-0.15, -0.1) is 0 Å². The van der Waals surface area contributed by atoms with Gasteiger partial charge in [0.2, 0.25) is 0 Å². The van der Waals surface area contributed by atoms with E-state index >= 15 is 0 Å². The molecule has 0 radical (unpaired) electrons. The summed E-state index contributed by atoms with van der Waals surface area (Å²) < 4.78 is 11.5. The Hall–Kier alpha value is -2.24. The van der Waals surface area contributed by atoms with Crippen LogP contribution in [0, 0.1) is 0 Å². The van der Waals surface area contributed by atoms with E-state index in [0.717, 1.165) is 38.8 Å². The number of hydrogen-bond donors (Lipinski definition) is 0. The SMILES string of the molecule is CCOc1cc(C(=O)N(CC)C2CCCCC2)ccc1OCC(=O)N1CCCCC1. The molecular formula is C24H36N2O4. The van der Waals surface area contributed by atoms with Crippen molar-refractivity contribution >= 4 is 11.8 Å². The molecule has 1 heterocycles. The summed E-state index contributed by atoms with van der Waals surface area (Å²) in [5.74, 6) is 1.09. The Morgan fingerprint density at radius 1 is 0.967 bits per heavy atom. The smallest absolute Gasteiger partial charge is 0.260 e. The van der Waals surface area contributed by atoms with Gasteiger partial charge < -0.3 is 19.3 Å². The van der Waals surface area contributed by atoms with Crippen molar-refractivity contribution in [2.45, 2.75) is 71.3 Å². The molecule has 30 heavy (non-hydrogen) atoms. The molecule has 1 aliphatic carbocycles. The number of rotatable bonds is 8. The fourth-order valence-corrected chi connectivity index (χ4v) is 4.53. The molecule has 0 atom stereocenters. The summed E-state index contributed by atoms with van der Waals surface area (Å²) in [6.07, 6.45) is 9.11. The molecule has 0 N–H and O–H groups in total. The maximum atomic E-state index is 13.2.